The summed E-state index contributed by atoms with van der Waals surface area (Å²) in [5.74, 6) is -0.843. The van der Waals surface area contributed by atoms with Crippen molar-refractivity contribution in [1.82, 2.24) is 4.31 Å². The van der Waals surface area contributed by atoms with Crippen LogP contribution >= 0.6 is 0 Å². The van der Waals surface area contributed by atoms with E-state index in [1.165, 1.54) is 6.92 Å². The number of rotatable bonds is 6. The molecule has 0 aliphatic rings. The van der Waals surface area contributed by atoms with E-state index in [0.717, 1.165) is 12.1 Å². The summed E-state index contributed by atoms with van der Waals surface area (Å²) in [6.07, 6.45) is -2.91. The van der Waals surface area contributed by atoms with Crippen LogP contribution in [0.25, 0.3) is 0 Å². The number of aliphatic hydroxyl groups excluding tert-OH is 1. The van der Waals surface area contributed by atoms with Gasteiger partial charge in [-0.05, 0) is 19.1 Å². The van der Waals surface area contributed by atoms with Crippen LogP contribution in [-0.4, -0.2) is 44.0 Å². The number of nitrogens with zero attached hydrogens (tertiary/aromatic N) is 1. The first kappa shape index (κ1) is 16.7. The molecule has 0 fully saturated rings. The summed E-state index contributed by atoms with van der Waals surface area (Å²) in [7, 11) is -4.35. The molecule has 1 rings (SSSR count). The Morgan fingerprint density at radius 2 is 2.00 bits per heavy atom. The van der Waals surface area contributed by atoms with Gasteiger partial charge in [-0.25, -0.2) is 21.6 Å². The van der Waals surface area contributed by atoms with E-state index in [0.29, 0.717) is 4.31 Å². The van der Waals surface area contributed by atoms with Gasteiger partial charge in [0, 0.05) is 17.8 Å². The van der Waals surface area contributed by atoms with E-state index in [4.69, 9.17) is 10.8 Å². The molecule has 20 heavy (non-hydrogen) atoms. The average molecular weight is 312 g/mol. The first-order valence-electron chi connectivity index (χ1n) is 5.65. The molecule has 0 atom stereocenters. The summed E-state index contributed by atoms with van der Waals surface area (Å²) in [4.78, 5) is -0.521. The van der Waals surface area contributed by atoms with Crippen molar-refractivity contribution in [1.29, 1.82) is 0 Å². The van der Waals surface area contributed by atoms with Crippen molar-refractivity contribution < 1.29 is 26.7 Å². The average Bonchev–Trinajstić information content (AvgIpc) is 2.34. The van der Waals surface area contributed by atoms with Crippen molar-refractivity contribution >= 4 is 15.7 Å². The van der Waals surface area contributed by atoms with Crippen molar-refractivity contribution in [2.24, 2.45) is 0 Å². The molecule has 0 aliphatic carbocycles. The smallest absolute Gasteiger partial charge is 0.252 e. The highest BCUT2D eigenvalue weighted by Gasteiger charge is 2.28. The van der Waals surface area contributed by atoms with Crippen LogP contribution in [0, 0.1) is 12.7 Å². The molecule has 0 amide bonds. The maximum atomic E-state index is 13.5. The van der Waals surface area contributed by atoms with Gasteiger partial charge in [0.2, 0.25) is 10.0 Å². The lowest BCUT2D eigenvalue weighted by Gasteiger charge is -2.21. The van der Waals surface area contributed by atoms with Crippen molar-refractivity contribution in [3.63, 3.8) is 0 Å². The predicted molar refractivity (Wildman–Crippen MR) is 67.4 cm³/mol. The topological polar surface area (TPSA) is 83.6 Å². The summed E-state index contributed by atoms with van der Waals surface area (Å²) in [6, 6.07) is 1.72. The van der Waals surface area contributed by atoms with Crippen molar-refractivity contribution in [3.8, 4) is 0 Å². The highest BCUT2D eigenvalue weighted by molar-refractivity contribution is 7.89. The number of halogens is 3. The zero-order chi connectivity index (χ0) is 15.5. The van der Waals surface area contributed by atoms with Gasteiger partial charge in [0.15, 0.2) is 0 Å². The molecule has 1 aromatic carbocycles. The van der Waals surface area contributed by atoms with Gasteiger partial charge < -0.3 is 10.8 Å². The number of anilines is 1. The van der Waals surface area contributed by atoms with Gasteiger partial charge in [0.05, 0.1) is 18.0 Å². The third-order valence-corrected chi connectivity index (χ3v) is 4.53. The van der Waals surface area contributed by atoms with Gasteiger partial charge in [-0.1, -0.05) is 0 Å². The molecule has 0 radical (unpaired) electrons. The minimum Gasteiger partial charge on any atom is -0.398 e. The number of alkyl halides is 2. The lowest BCUT2D eigenvalue weighted by Crippen LogP contribution is -2.37. The van der Waals surface area contributed by atoms with Gasteiger partial charge in [-0.15, -0.1) is 0 Å². The molecule has 0 aliphatic heterocycles. The minimum atomic E-state index is -4.35. The summed E-state index contributed by atoms with van der Waals surface area (Å²) in [5.41, 5.74) is 5.46. The monoisotopic (exact) mass is 312 g/mol. The maximum absolute atomic E-state index is 13.5. The van der Waals surface area contributed by atoms with Gasteiger partial charge in [-0.3, -0.25) is 0 Å². The second-order valence-corrected chi connectivity index (χ2v) is 6.04. The quantitative estimate of drug-likeness (QED) is 0.767. The zero-order valence-corrected chi connectivity index (χ0v) is 11.5. The Morgan fingerprint density at radius 1 is 1.40 bits per heavy atom. The normalized spacial score (nSPS) is 12.3. The molecule has 0 heterocycles. The fourth-order valence-corrected chi connectivity index (χ4v) is 3.00. The molecule has 0 bridgehead atoms. The number of hydrogen-bond donors (Lipinski definition) is 2. The van der Waals surface area contributed by atoms with E-state index < -0.39 is 46.9 Å². The Labute approximate surface area is 114 Å². The van der Waals surface area contributed by atoms with Gasteiger partial charge >= 0.3 is 0 Å². The van der Waals surface area contributed by atoms with E-state index in [-0.39, 0.29) is 11.3 Å². The summed E-state index contributed by atoms with van der Waals surface area (Å²) in [5, 5.41) is 8.76. The molecule has 0 saturated carbocycles. The largest absolute Gasteiger partial charge is 0.398 e. The van der Waals surface area contributed by atoms with Crippen LogP contribution in [0.15, 0.2) is 17.0 Å². The van der Waals surface area contributed by atoms with Gasteiger partial charge in [0.25, 0.3) is 6.43 Å². The molecule has 0 unspecified atom stereocenters. The zero-order valence-electron chi connectivity index (χ0n) is 10.7. The van der Waals surface area contributed by atoms with Crippen LogP contribution in [0.1, 0.15) is 5.56 Å². The first-order chi connectivity index (χ1) is 9.20. The third-order valence-electron chi connectivity index (χ3n) is 2.69. The van der Waals surface area contributed by atoms with E-state index in [9.17, 15) is 21.6 Å². The fraction of sp³-hybridized carbons (Fsp3) is 0.455. The Bertz CT molecular complexity index is 555. The van der Waals surface area contributed by atoms with Crippen molar-refractivity contribution in [2.75, 3.05) is 25.4 Å². The molecule has 9 heteroatoms. The number of hydrogen-bond acceptors (Lipinski definition) is 4. The Balaban J connectivity index is 3.25. The molecule has 114 valence electrons. The van der Waals surface area contributed by atoms with Crippen LogP contribution in [0.4, 0.5) is 18.9 Å². The number of aliphatic hydroxyl groups is 1. The van der Waals surface area contributed by atoms with Gasteiger partial charge in [-0.2, -0.15) is 4.31 Å². The maximum Gasteiger partial charge on any atom is 0.252 e. The summed E-state index contributed by atoms with van der Waals surface area (Å²) in [6.45, 7) is -0.859. The number of sulfonamides is 1. The molecule has 1 aromatic rings. The highest BCUT2D eigenvalue weighted by Crippen LogP contribution is 2.24. The van der Waals surface area contributed by atoms with Crippen molar-refractivity contribution in [3.05, 3.63) is 23.5 Å². The highest BCUT2D eigenvalue weighted by atomic mass is 32.2. The Morgan fingerprint density at radius 3 is 2.45 bits per heavy atom. The summed E-state index contributed by atoms with van der Waals surface area (Å²) < 4.78 is 63.0. The van der Waals surface area contributed by atoms with E-state index in [1.54, 1.807) is 0 Å². The van der Waals surface area contributed by atoms with Crippen LogP contribution in [-0.2, 0) is 10.0 Å². The van der Waals surface area contributed by atoms with Gasteiger partial charge in [0.1, 0.15) is 5.82 Å². The van der Waals surface area contributed by atoms with Crippen molar-refractivity contribution in [2.45, 2.75) is 18.2 Å². The fourth-order valence-electron chi connectivity index (χ4n) is 1.55. The van der Waals surface area contributed by atoms with Crippen LogP contribution in [0.5, 0.6) is 0 Å². The molecular weight excluding hydrogens is 297 g/mol. The lowest BCUT2D eigenvalue weighted by atomic mass is 10.2. The molecule has 0 saturated heterocycles. The molecule has 5 nitrogen and oxygen atoms in total. The first-order valence-corrected chi connectivity index (χ1v) is 7.09. The molecule has 3 N–H and O–H groups in total. The molecular formula is C11H15F3N2O3S. The third kappa shape index (κ3) is 3.62. The minimum absolute atomic E-state index is 0.0755. The number of benzene rings is 1. The predicted octanol–water partition coefficient (Wildman–Crippen LogP) is 0.964. The van der Waals surface area contributed by atoms with E-state index in [2.05, 4.69) is 0 Å². The van der Waals surface area contributed by atoms with E-state index >= 15 is 0 Å². The second kappa shape index (κ2) is 6.42. The molecule has 0 aromatic heterocycles. The Hall–Kier alpha value is -1.32. The molecule has 0 spiro atoms. The van der Waals surface area contributed by atoms with Crippen LogP contribution in [0.3, 0.4) is 0 Å². The lowest BCUT2D eigenvalue weighted by molar-refractivity contribution is 0.113. The van der Waals surface area contributed by atoms with Crippen LogP contribution in [0.2, 0.25) is 0 Å². The van der Waals surface area contributed by atoms with Crippen LogP contribution < -0.4 is 5.73 Å². The second-order valence-electron chi connectivity index (χ2n) is 4.10. The van der Waals surface area contributed by atoms with E-state index in [1.807, 2.05) is 0 Å². The SMILES string of the molecule is Cc1c(N)cc(S(=O)(=O)N(CCO)CC(F)F)cc1F. The standard InChI is InChI=1S/C11H15F3N2O3S/c1-7-9(12)4-8(5-10(7)15)20(18,19)16(2-3-17)6-11(13)14/h4-5,11,17H,2-3,6,15H2,1H3. The number of nitrogen functional groups attached to an aromatic ring is 1. The summed E-state index contributed by atoms with van der Waals surface area (Å²) >= 11 is 0. The number of nitrogens with two attached hydrogens (primary N) is 1. The Kier molecular flexibility index (Phi) is 5.37.